The fraction of sp³-hybridized carbons (Fsp3) is 0.200. The van der Waals surface area contributed by atoms with Gasteiger partial charge in [0.1, 0.15) is 6.10 Å². The quantitative estimate of drug-likeness (QED) is 0.667. The zero-order valence-electron chi connectivity index (χ0n) is 13.5. The lowest BCUT2D eigenvalue weighted by molar-refractivity contribution is 0.192. The molecule has 1 aliphatic rings. The number of benzene rings is 2. The third-order valence-electron chi connectivity index (χ3n) is 4.40. The first kappa shape index (κ1) is 14.8. The predicted octanol–water partition coefficient (Wildman–Crippen LogP) is 4.38. The highest BCUT2D eigenvalue weighted by Gasteiger charge is 2.26. The lowest BCUT2D eigenvalue weighted by atomic mass is 10.0. The Morgan fingerprint density at radius 3 is 2.75 bits per heavy atom. The summed E-state index contributed by atoms with van der Waals surface area (Å²) in [7, 11) is 0. The van der Waals surface area contributed by atoms with Crippen molar-refractivity contribution in [2.24, 2.45) is 4.99 Å². The van der Waals surface area contributed by atoms with Gasteiger partial charge in [0.25, 0.3) is 0 Å². The van der Waals surface area contributed by atoms with Crippen LogP contribution in [-0.2, 0) is 0 Å². The van der Waals surface area contributed by atoms with Crippen molar-refractivity contribution in [1.29, 1.82) is 0 Å². The molecular formula is C20H17FN2O. The van der Waals surface area contributed by atoms with Crippen LogP contribution in [0.25, 0.3) is 10.9 Å². The Labute approximate surface area is 139 Å². The van der Waals surface area contributed by atoms with E-state index < -0.39 is 0 Å². The maximum atomic E-state index is 14.3. The maximum absolute atomic E-state index is 14.3. The Morgan fingerprint density at radius 1 is 1.04 bits per heavy atom. The summed E-state index contributed by atoms with van der Waals surface area (Å²) in [4.78, 5) is 9.31. The van der Waals surface area contributed by atoms with E-state index in [4.69, 9.17) is 9.73 Å². The number of aromatic nitrogens is 1. The molecule has 24 heavy (non-hydrogen) atoms. The first-order valence-corrected chi connectivity index (χ1v) is 8.02. The maximum Gasteiger partial charge on any atom is 0.165 e. The van der Waals surface area contributed by atoms with Gasteiger partial charge in [-0.1, -0.05) is 24.3 Å². The van der Waals surface area contributed by atoms with E-state index in [1.165, 1.54) is 6.07 Å². The molecule has 2 heterocycles. The Bertz CT molecular complexity index is 951. The number of fused-ring (bicyclic) bond motifs is 2. The molecule has 1 aromatic heterocycles. The number of para-hydroxylation sites is 2. The van der Waals surface area contributed by atoms with Crippen LogP contribution in [0.5, 0.6) is 5.75 Å². The Morgan fingerprint density at radius 2 is 1.88 bits per heavy atom. The Balaban J connectivity index is 1.94. The summed E-state index contributed by atoms with van der Waals surface area (Å²) in [6.07, 6.45) is 1.59. The van der Waals surface area contributed by atoms with Crippen molar-refractivity contribution in [3.05, 3.63) is 71.7 Å². The normalized spacial score (nSPS) is 20.0. The summed E-state index contributed by atoms with van der Waals surface area (Å²) in [6, 6.07) is 14.8. The van der Waals surface area contributed by atoms with E-state index in [9.17, 15) is 4.39 Å². The van der Waals surface area contributed by atoms with Crippen LogP contribution in [0, 0.1) is 5.82 Å². The summed E-state index contributed by atoms with van der Waals surface area (Å²) in [5.74, 6) is -0.101. The van der Waals surface area contributed by atoms with Gasteiger partial charge in [0, 0.05) is 22.7 Å². The number of pyridine rings is 1. The molecule has 3 nitrogen and oxygen atoms in total. The minimum atomic E-state index is -0.366. The molecule has 120 valence electrons. The van der Waals surface area contributed by atoms with Crippen LogP contribution in [0.15, 0.2) is 59.7 Å². The third-order valence-corrected chi connectivity index (χ3v) is 4.40. The Kier molecular flexibility index (Phi) is 3.53. The van der Waals surface area contributed by atoms with Crippen molar-refractivity contribution in [2.75, 3.05) is 0 Å². The number of rotatable bonds is 1. The van der Waals surface area contributed by atoms with Gasteiger partial charge in [-0.25, -0.2) is 4.39 Å². The SMILES string of the molecule is CC1N=C(c2cnc3ccccc3c2)c2cccc(F)c2OC1C. The largest absolute Gasteiger partial charge is 0.485 e. The smallest absolute Gasteiger partial charge is 0.165 e. The highest BCUT2D eigenvalue weighted by atomic mass is 19.1. The molecule has 0 N–H and O–H groups in total. The van der Waals surface area contributed by atoms with Gasteiger partial charge in [-0.05, 0) is 38.1 Å². The monoisotopic (exact) mass is 320 g/mol. The number of hydrogen-bond acceptors (Lipinski definition) is 3. The topological polar surface area (TPSA) is 34.5 Å². The lowest BCUT2D eigenvalue weighted by Crippen LogP contribution is -2.23. The van der Waals surface area contributed by atoms with Gasteiger partial charge in [-0.15, -0.1) is 0 Å². The van der Waals surface area contributed by atoms with Crippen LogP contribution in [0.3, 0.4) is 0 Å². The molecule has 4 rings (SSSR count). The van der Waals surface area contributed by atoms with Gasteiger partial charge in [0.15, 0.2) is 11.6 Å². The predicted molar refractivity (Wildman–Crippen MR) is 93.3 cm³/mol. The van der Waals surface area contributed by atoms with Gasteiger partial charge < -0.3 is 4.74 Å². The minimum Gasteiger partial charge on any atom is -0.485 e. The van der Waals surface area contributed by atoms with E-state index in [1.54, 1.807) is 12.3 Å². The molecule has 0 bridgehead atoms. The number of ether oxygens (including phenoxy) is 1. The number of hydrogen-bond donors (Lipinski definition) is 0. The molecule has 0 fully saturated rings. The van der Waals surface area contributed by atoms with E-state index >= 15 is 0 Å². The molecule has 0 aliphatic carbocycles. The summed E-state index contributed by atoms with van der Waals surface area (Å²) in [5, 5.41) is 1.03. The van der Waals surface area contributed by atoms with Crippen LogP contribution >= 0.6 is 0 Å². The van der Waals surface area contributed by atoms with Crippen molar-refractivity contribution in [3.63, 3.8) is 0 Å². The fourth-order valence-electron chi connectivity index (χ4n) is 2.91. The van der Waals surface area contributed by atoms with Crippen molar-refractivity contribution >= 4 is 16.6 Å². The van der Waals surface area contributed by atoms with Gasteiger partial charge in [0.2, 0.25) is 0 Å². The molecule has 1 aliphatic heterocycles. The summed E-state index contributed by atoms with van der Waals surface area (Å²) >= 11 is 0. The average molecular weight is 320 g/mol. The van der Waals surface area contributed by atoms with E-state index in [0.717, 1.165) is 22.2 Å². The van der Waals surface area contributed by atoms with Gasteiger partial charge in [0.05, 0.1) is 17.3 Å². The van der Waals surface area contributed by atoms with Crippen LogP contribution in [0.1, 0.15) is 25.0 Å². The summed E-state index contributed by atoms with van der Waals surface area (Å²) < 4.78 is 20.1. The van der Waals surface area contributed by atoms with Crippen molar-refractivity contribution in [3.8, 4) is 5.75 Å². The van der Waals surface area contributed by atoms with Crippen LogP contribution < -0.4 is 4.74 Å². The van der Waals surface area contributed by atoms with Crippen LogP contribution in [-0.4, -0.2) is 22.8 Å². The number of nitrogens with zero attached hydrogens (tertiary/aromatic N) is 2. The van der Waals surface area contributed by atoms with E-state index in [-0.39, 0.29) is 23.7 Å². The standard InChI is InChI=1S/C20H17FN2O/c1-12-13(2)24-20-16(7-5-8-17(20)21)19(23-12)15-10-14-6-3-4-9-18(14)22-11-15/h3-13H,1-2H3. The van der Waals surface area contributed by atoms with E-state index in [1.807, 2.05) is 50.2 Å². The number of aliphatic imine (C=N–C) groups is 1. The first-order chi connectivity index (χ1) is 11.6. The van der Waals surface area contributed by atoms with Gasteiger partial charge in [-0.3, -0.25) is 9.98 Å². The number of halogens is 1. The first-order valence-electron chi connectivity index (χ1n) is 8.02. The molecule has 2 aromatic carbocycles. The molecule has 0 saturated heterocycles. The molecule has 2 unspecified atom stereocenters. The third kappa shape index (κ3) is 2.44. The van der Waals surface area contributed by atoms with Crippen molar-refractivity contribution < 1.29 is 9.13 Å². The molecule has 0 amide bonds. The molecule has 0 radical (unpaired) electrons. The zero-order valence-corrected chi connectivity index (χ0v) is 13.5. The average Bonchev–Trinajstić information content (AvgIpc) is 2.73. The lowest BCUT2D eigenvalue weighted by Gasteiger charge is -2.16. The Hall–Kier alpha value is -2.75. The van der Waals surface area contributed by atoms with Crippen molar-refractivity contribution in [2.45, 2.75) is 26.0 Å². The molecule has 0 saturated carbocycles. The van der Waals surface area contributed by atoms with E-state index in [2.05, 4.69) is 4.98 Å². The van der Waals surface area contributed by atoms with E-state index in [0.29, 0.717) is 5.56 Å². The van der Waals surface area contributed by atoms with Gasteiger partial charge in [-0.2, -0.15) is 0 Å². The molecule has 0 spiro atoms. The second-order valence-corrected chi connectivity index (χ2v) is 6.07. The second kappa shape index (κ2) is 5.71. The minimum absolute atomic E-state index is 0.0849. The zero-order chi connectivity index (χ0) is 16.7. The second-order valence-electron chi connectivity index (χ2n) is 6.07. The molecule has 2 atom stereocenters. The summed E-state index contributed by atoms with van der Waals surface area (Å²) in [6.45, 7) is 3.88. The molecule has 4 heteroatoms. The molecular weight excluding hydrogens is 303 g/mol. The van der Waals surface area contributed by atoms with Crippen LogP contribution in [0.2, 0.25) is 0 Å². The molecule has 3 aromatic rings. The highest BCUT2D eigenvalue weighted by molar-refractivity contribution is 6.15. The van der Waals surface area contributed by atoms with Gasteiger partial charge >= 0.3 is 0 Å². The fourth-order valence-corrected chi connectivity index (χ4v) is 2.91. The van der Waals surface area contributed by atoms with Crippen LogP contribution in [0.4, 0.5) is 4.39 Å². The summed E-state index contributed by atoms with van der Waals surface area (Å²) in [5.41, 5.74) is 3.18. The highest BCUT2D eigenvalue weighted by Crippen LogP contribution is 2.31. The van der Waals surface area contributed by atoms with Crippen molar-refractivity contribution in [1.82, 2.24) is 4.98 Å².